The first-order valence-corrected chi connectivity index (χ1v) is 10.2. The molecule has 2 aromatic rings. The predicted octanol–water partition coefficient (Wildman–Crippen LogP) is 4.23. The molecule has 1 fully saturated rings. The van der Waals surface area contributed by atoms with E-state index in [1.807, 2.05) is 12.1 Å². The minimum Gasteiger partial charge on any atom is -0.497 e. The molecule has 30 heavy (non-hydrogen) atoms. The van der Waals surface area contributed by atoms with E-state index in [0.717, 1.165) is 11.3 Å². The van der Waals surface area contributed by atoms with Crippen molar-refractivity contribution in [3.05, 3.63) is 59.7 Å². The molecule has 1 N–H and O–H groups in total. The van der Waals surface area contributed by atoms with Gasteiger partial charge in [0.25, 0.3) is 5.91 Å². The number of carbonyl (C=O) groups is 2. The number of amides is 3. The Balaban J connectivity index is 1.55. The minimum atomic E-state index is -1.08. The third kappa shape index (κ3) is 4.42. The summed E-state index contributed by atoms with van der Waals surface area (Å²) >= 11 is 0. The summed E-state index contributed by atoms with van der Waals surface area (Å²) in [5.41, 5.74) is 0.984. The van der Waals surface area contributed by atoms with Crippen molar-refractivity contribution in [2.24, 2.45) is 0 Å². The van der Waals surface area contributed by atoms with Crippen LogP contribution in [0.2, 0.25) is 0 Å². The zero-order chi connectivity index (χ0) is 21.9. The number of imide groups is 1. The molecule has 3 amide bonds. The summed E-state index contributed by atoms with van der Waals surface area (Å²) in [7, 11) is 1.59. The Morgan fingerprint density at radius 3 is 2.13 bits per heavy atom. The Kier molecular flexibility index (Phi) is 6.06. The molecule has 1 atom stereocenters. The van der Waals surface area contributed by atoms with Gasteiger partial charge < -0.3 is 14.8 Å². The molecule has 1 aliphatic rings. The van der Waals surface area contributed by atoms with E-state index in [9.17, 15) is 9.59 Å². The summed E-state index contributed by atoms with van der Waals surface area (Å²) in [4.78, 5) is 26.6. The summed E-state index contributed by atoms with van der Waals surface area (Å²) < 4.78 is 10.9. The van der Waals surface area contributed by atoms with Crippen LogP contribution in [-0.2, 0) is 15.7 Å². The first-order chi connectivity index (χ1) is 14.1. The number of benzene rings is 2. The largest absolute Gasteiger partial charge is 0.497 e. The number of methoxy groups -OCH3 is 1. The van der Waals surface area contributed by atoms with Crippen molar-refractivity contribution in [2.45, 2.75) is 45.1 Å². The molecule has 1 aliphatic heterocycles. The summed E-state index contributed by atoms with van der Waals surface area (Å²) in [6.07, 6.45) is 0.554. The maximum atomic E-state index is 13.0. The van der Waals surface area contributed by atoms with Crippen molar-refractivity contribution in [2.75, 3.05) is 20.3 Å². The highest BCUT2D eigenvalue weighted by Crippen LogP contribution is 2.30. The number of carbonyl (C=O) groups excluding carboxylic acids is 2. The SMILES string of the molecule is COc1ccc(C2(C)NC(=O)N(CCCOc3ccc(C(C)(C)C)cc3)C2=O)cc1. The number of nitrogens with zero attached hydrogens (tertiary/aromatic N) is 1. The van der Waals surface area contributed by atoms with Crippen LogP contribution in [0.1, 0.15) is 45.2 Å². The summed E-state index contributed by atoms with van der Waals surface area (Å²) in [6, 6.07) is 14.8. The molecule has 1 saturated heterocycles. The molecular formula is C24H30N2O4. The fourth-order valence-corrected chi connectivity index (χ4v) is 3.48. The fraction of sp³-hybridized carbons (Fsp3) is 0.417. The highest BCUT2D eigenvalue weighted by Gasteiger charge is 2.48. The van der Waals surface area contributed by atoms with Gasteiger partial charge >= 0.3 is 6.03 Å². The van der Waals surface area contributed by atoms with E-state index in [1.54, 1.807) is 38.3 Å². The van der Waals surface area contributed by atoms with E-state index in [4.69, 9.17) is 9.47 Å². The first-order valence-electron chi connectivity index (χ1n) is 10.2. The van der Waals surface area contributed by atoms with Gasteiger partial charge in [0.1, 0.15) is 17.0 Å². The van der Waals surface area contributed by atoms with Gasteiger partial charge in [0.15, 0.2) is 0 Å². The van der Waals surface area contributed by atoms with Crippen molar-refractivity contribution in [3.8, 4) is 11.5 Å². The zero-order valence-corrected chi connectivity index (χ0v) is 18.3. The maximum absolute atomic E-state index is 13.0. The highest BCUT2D eigenvalue weighted by molar-refractivity contribution is 6.07. The lowest BCUT2D eigenvalue weighted by molar-refractivity contribution is -0.131. The molecule has 0 saturated carbocycles. The molecule has 0 bridgehead atoms. The van der Waals surface area contributed by atoms with Gasteiger partial charge in [-0.05, 0) is 54.2 Å². The number of ether oxygens (including phenoxy) is 2. The maximum Gasteiger partial charge on any atom is 0.325 e. The zero-order valence-electron chi connectivity index (χ0n) is 18.3. The lowest BCUT2D eigenvalue weighted by Gasteiger charge is -2.22. The Bertz CT molecular complexity index is 900. The summed E-state index contributed by atoms with van der Waals surface area (Å²) in [5, 5.41) is 2.82. The average molecular weight is 411 g/mol. The van der Waals surface area contributed by atoms with Gasteiger partial charge in [-0.1, -0.05) is 45.0 Å². The van der Waals surface area contributed by atoms with Gasteiger partial charge in [0.2, 0.25) is 0 Å². The van der Waals surface area contributed by atoms with Crippen LogP contribution in [0.25, 0.3) is 0 Å². The van der Waals surface area contributed by atoms with Gasteiger partial charge in [-0.15, -0.1) is 0 Å². The van der Waals surface area contributed by atoms with E-state index in [0.29, 0.717) is 25.3 Å². The van der Waals surface area contributed by atoms with Gasteiger partial charge in [-0.3, -0.25) is 9.69 Å². The standard InChI is InChI=1S/C24H30N2O4/c1-23(2,3)17-7-13-20(14-8-17)30-16-6-15-26-21(27)24(4,25-22(26)28)18-9-11-19(29-5)12-10-18/h7-14H,6,15-16H2,1-5H3,(H,25,28). The van der Waals surface area contributed by atoms with Crippen molar-refractivity contribution in [1.82, 2.24) is 10.2 Å². The smallest absolute Gasteiger partial charge is 0.325 e. The summed E-state index contributed by atoms with van der Waals surface area (Å²) in [5.74, 6) is 1.22. The number of urea groups is 1. The average Bonchev–Trinajstić information content (AvgIpc) is 2.94. The van der Waals surface area contributed by atoms with Crippen molar-refractivity contribution >= 4 is 11.9 Å². The quantitative estimate of drug-likeness (QED) is 0.548. The van der Waals surface area contributed by atoms with E-state index < -0.39 is 5.54 Å². The monoisotopic (exact) mass is 410 g/mol. The van der Waals surface area contributed by atoms with Crippen LogP contribution in [0, 0.1) is 0 Å². The Morgan fingerprint density at radius 1 is 0.967 bits per heavy atom. The highest BCUT2D eigenvalue weighted by atomic mass is 16.5. The van der Waals surface area contributed by atoms with Crippen LogP contribution in [-0.4, -0.2) is 37.1 Å². The van der Waals surface area contributed by atoms with Crippen LogP contribution in [0.3, 0.4) is 0 Å². The molecule has 2 aromatic carbocycles. The number of hydrogen-bond acceptors (Lipinski definition) is 4. The number of hydrogen-bond donors (Lipinski definition) is 1. The van der Waals surface area contributed by atoms with Crippen molar-refractivity contribution in [1.29, 1.82) is 0 Å². The van der Waals surface area contributed by atoms with Crippen LogP contribution in [0.15, 0.2) is 48.5 Å². The van der Waals surface area contributed by atoms with Crippen LogP contribution >= 0.6 is 0 Å². The Labute approximate surface area is 178 Å². The minimum absolute atomic E-state index is 0.0958. The molecule has 0 aliphatic carbocycles. The van der Waals surface area contributed by atoms with Crippen molar-refractivity contribution in [3.63, 3.8) is 0 Å². The van der Waals surface area contributed by atoms with Gasteiger partial charge in [-0.2, -0.15) is 0 Å². The second kappa shape index (κ2) is 8.38. The topological polar surface area (TPSA) is 67.9 Å². The van der Waals surface area contributed by atoms with Crippen LogP contribution < -0.4 is 14.8 Å². The molecule has 6 nitrogen and oxygen atoms in total. The third-order valence-corrected chi connectivity index (χ3v) is 5.46. The molecular weight excluding hydrogens is 380 g/mol. The Morgan fingerprint density at radius 2 is 1.57 bits per heavy atom. The van der Waals surface area contributed by atoms with E-state index in [2.05, 4.69) is 38.2 Å². The van der Waals surface area contributed by atoms with E-state index in [-0.39, 0.29) is 17.4 Å². The fourth-order valence-electron chi connectivity index (χ4n) is 3.48. The molecule has 0 spiro atoms. The lowest BCUT2D eigenvalue weighted by Crippen LogP contribution is -2.41. The second-order valence-corrected chi connectivity index (χ2v) is 8.72. The van der Waals surface area contributed by atoms with Crippen molar-refractivity contribution < 1.29 is 19.1 Å². The molecule has 6 heteroatoms. The number of nitrogens with one attached hydrogen (secondary N) is 1. The molecule has 0 radical (unpaired) electrons. The van der Waals surface area contributed by atoms with E-state index >= 15 is 0 Å². The normalized spacial score (nSPS) is 19.0. The predicted molar refractivity (Wildman–Crippen MR) is 116 cm³/mol. The number of rotatable bonds is 7. The lowest BCUT2D eigenvalue weighted by atomic mass is 9.87. The molecule has 1 unspecified atom stereocenters. The first kappa shape index (κ1) is 21.7. The third-order valence-electron chi connectivity index (χ3n) is 5.46. The van der Waals surface area contributed by atoms with Crippen LogP contribution in [0.4, 0.5) is 4.79 Å². The van der Waals surface area contributed by atoms with Gasteiger partial charge in [0.05, 0.1) is 13.7 Å². The second-order valence-electron chi connectivity index (χ2n) is 8.72. The van der Waals surface area contributed by atoms with Gasteiger partial charge in [-0.25, -0.2) is 4.79 Å². The Hall–Kier alpha value is -3.02. The molecule has 160 valence electrons. The molecule has 1 heterocycles. The van der Waals surface area contributed by atoms with Crippen LogP contribution in [0.5, 0.6) is 11.5 Å². The van der Waals surface area contributed by atoms with E-state index in [1.165, 1.54) is 10.5 Å². The van der Waals surface area contributed by atoms with Gasteiger partial charge in [0, 0.05) is 6.54 Å². The summed E-state index contributed by atoms with van der Waals surface area (Å²) in [6.45, 7) is 8.95. The molecule has 0 aromatic heterocycles. The molecule has 3 rings (SSSR count).